The molecule has 12 heteroatoms. The minimum Gasteiger partial charge on any atom is -0.350 e. The highest BCUT2D eigenvalue weighted by atomic mass is 35.5. The Bertz CT molecular complexity index is 1320. The molecule has 2 saturated heterocycles. The second-order valence-corrected chi connectivity index (χ2v) is 12.0. The molecule has 2 aromatic carbocycles. The number of imide groups is 1. The van der Waals surface area contributed by atoms with E-state index in [9.17, 15) is 22.8 Å². The first kappa shape index (κ1) is 26.7. The SMILES string of the molecule is O=C(NCCN1C(=O)S/C(=C\c2ccc(Cl)cc2)C1=O)c1ccc(Cl)c(S(=O)(=O)N2CCCCC2)c1. The molecule has 0 aromatic heterocycles. The van der Waals surface area contributed by atoms with Crippen molar-refractivity contribution in [3.63, 3.8) is 0 Å². The number of benzene rings is 2. The van der Waals surface area contributed by atoms with Gasteiger partial charge in [0.15, 0.2) is 0 Å². The van der Waals surface area contributed by atoms with Crippen LogP contribution in [0.3, 0.4) is 0 Å². The summed E-state index contributed by atoms with van der Waals surface area (Å²) in [5.74, 6) is -0.985. The first-order valence-electron chi connectivity index (χ1n) is 11.3. The summed E-state index contributed by atoms with van der Waals surface area (Å²) in [5.41, 5.74) is 0.850. The van der Waals surface area contributed by atoms with Crippen LogP contribution in [0.2, 0.25) is 10.0 Å². The van der Waals surface area contributed by atoms with Crippen molar-refractivity contribution in [2.45, 2.75) is 24.2 Å². The summed E-state index contributed by atoms with van der Waals surface area (Å²) in [6, 6.07) is 10.9. The van der Waals surface area contributed by atoms with Gasteiger partial charge in [-0.3, -0.25) is 19.3 Å². The monoisotopic (exact) mass is 567 g/mol. The number of thioether (sulfide) groups is 1. The van der Waals surface area contributed by atoms with Crippen molar-refractivity contribution in [3.05, 3.63) is 68.5 Å². The molecule has 8 nitrogen and oxygen atoms in total. The minimum absolute atomic E-state index is 0.00192. The Hall–Kier alpha value is -2.37. The molecule has 190 valence electrons. The number of hydrogen-bond donors (Lipinski definition) is 1. The lowest BCUT2D eigenvalue weighted by molar-refractivity contribution is -0.122. The van der Waals surface area contributed by atoms with Gasteiger partial charge in [0.2, 0.25) is 10.0 Å². The molecule has 4 rings (SSSR count). The molecule has 2 heterocycles. The molecule has 0 spiro atoms. The number of rotatable bonds is 7. The lowest BCUT2D eigenvalue weighted by atomic mass is 10.2. The van der Waals surface area contributed by atoms with E-state index >= 15 is 0 Å². The molecular weight excluding hydrogens is 545 g/mol. The summed E-state index contributed by atoms with van der Waals surface area (Å²) < 4.78 is 27.5. The fourth-order valence-corrected chi connectivity index (χ4v) is 6.88. The number of amides is 3. The lowest BCUT2D eigenvalue weighted by Gasteiger charge is -2.26. The van der Waals surface area contributed by atoms with Crippen molar-refractivity contribution < 1.29 is 22.8 Å². The Kier molecular flexibility index (Phi) is 8.41. The molecule has 0 bridgehead atoms. The summed E-state index contributed by atoms with van der Waals surface area (Å²) >= 11 is 12.9. The van der Waals surface area contributed by atoms with E-state index in [1.54, 1.807) is 30.3 Å². The van der Waals surface area contributed by atoms with Crippen LogP contribution in [0.15, 0.2) is 52.3 Å². The highest BCUT2D eigenvalue weighted by Crippen LogP contribution is 2.32. The first-order chi connectivity index (χ1) is 17.2. The average Bonchev–Trinajstić information content (AvgIpc) is 3.13. The van der Waals surface area contributed by atoms with Gasteiger partial charge in [-0.2, -0.15) is 4.31 Å². The van der Waals surface area contributed by atoms with Gasteiger partial charge in [-0.1, -0.05) is 41.8 Å². The number of nitrogens with one attached hydrogen (secondary N) is 1. The summed E-state index contributed by atoms with van der Waals surface area (Å²) in [4.78, 5) is 38.9. The number of halogens is 2. The van der Waals surface area contributed by atoms with Crippen LogP contribution in [0.4, 0.5) is 4.79 Å². The van der Waals surface area contributed by atoms with Crippen LogP contribution >= 0.6 is 35.0 Å². The van der Waals surface area contributed by atoms with Crippen LogP contribution in [-0.4, -0.2) is 60.9 Å². The Balaban J connectivity index is 1.39. The van der Waals surface area contributed by atoms with E-state index in [0.29, 0.717) is 18.1 Å². The van der Waals surface area contributed by atoms with Gasteiger partial charge in [-0.15, -0.1) is 0 Å². The quantitative estimate of drug-likeness (QED) is 0.489. The van der Waals surface area contributed by atoms with Crippen molar-refractivity contribution in [2.24, 2.45) is 0 Å². The zero-order chi connectivity index (χ0) is 25.9. The molecule has 0 saturated carbocycles. The summed E-state index contributed by atoms with van der Waals surface area (Å²) in [6.45, 7) is 0.807. The van der Waals surface area contributed by atoms with Crippen LogP contribution in [0.25, 0.3) is 6.08 Å². The van der Waals surface area contributed by atoms with Crippen LogP contribution < -0.4 is 5.32 Å². The predicted octanol–water partition coefficient (Wildman–Crippen LogP) is 4.63. The number of hydrogen-bond acceptors (Lipinski definition) is 6. The fourth-order valence-electron chi connectivity index (χ4n) is 3.87. The van der Waals surface area contributed by atoms with Crippen molar-refractivity contribution in [1.82, 2.24) is 14.5 Å². The molecular formula is C24H23Cl2N3O5S2. The first-order valence-corrected chi connectivity index (χ1v) is 14.3. The van der Waals surface area contributed by atoms with E-state index in [0.717, 1.165) is 41.5 Å². The van der Waals surface area contributed by atoms with Gasteiger partial charge < -0.3 is 5.32 Å². The summed E-state index contributed by atoms with van der Waals surface area (Å²) in [7, 11) is -3.82. The molecule has 2 fully saturated rings. The van der Waals surface area contributed by atoms with E-state index in [2.05, 4.69) is 5.32 Å². The predicted molar refractivity (Wildman–Crippen MR) is 141 cm³/mol. The van der Waals surface area contributed by atoms with E-state index in [1.165, 1.54) is 22.5 Å². The Morgan fingerprint density at radius 3 is 2.42 bits per heavy atom. The van der Waals surface area contributed by atoms with E-state index in [1.807, 2.05) is 0 Å². The normalized spacial score (nSPS) is 18.2. The molecule has 3 amide bonds. The molecule has 2 aliphatic rings. The zero-order valence-electron chi connectivity index (χ0n) is 19.1. The molecule has 36 heavy (non-hydrogen) atoms. The van der Waals surface area contributed by atoms with Gasteiger partial charge in [0.05, 0.1) is 9.93 Å². The number of sulfonamides is 1. The zero-order valence-corrected chi connectivity index (χ0v) is 22.2. The highest BCUT2D eigenvalue weighted by molar-refractivity contribution is 8.18. The van der Waals surface area contributed by atoms with Crippen molar-refractivity contribution in [1.29, 1.82) is 0 Å². The standard InChI is InChI=1S/C24H23Cl2N3O5S2/c25-18-7-4-16(5-8-18)14-20-23(31)29(24(32)35-20)13-10-27-22(30)17-6-9-19(26)21(15-17)36(33,34)28-11-2-1-3-12-28/h4-9,14-15H,1-3,10-13H2,(H,27,30)/b20-14-. The maximum Gasteiger partial charge on any atom is 0.293 e. The number of nitrogens with zero attached hydrogens (tertiary/aromatic N) is 2. The van der Waals surface area contributed by atoms with Gasteiger partial charge in [0.25, 0.3) is 17.1 Å². The topological polar surface area (TPSA) is 104 Å². The highest BCUT2D eigenvalue weighted by Gasteiger charge is 2.35. The Morgan fingerprint density at radius 2 is 1.72 bits per heavy atom. The third-order valence-electron chi connectivity index (χ3n) is 5.79. The largest absolute Gasteiger partial charge is 0.350 e. The third kappa shape index (κ3) is 5.95. The minimum atomic E-state index is -3.82. The number of carbonyl (C=O) groups excluding carboxylic acids is 3. The maximum absolute atomic E-state index is 13.0. The van der Waals surface area contributed by atoms with Gasteiger partial charge in [-0.25, -0.2) is 8.42 Å². The molecule has 0 atom stereocenters. The summed E-state index contributed by atoms with van der Waals surface area (Å²) in [6.07, 6.45) is 4.14. The smallest absolute Gasteiger partial charge is 0.293 e. The Labute approximate surface area is 223 Å². The van der Waals surface area contributed by atoms with E-state index < -0.39 is 27.1 Å². The second-order valence-electron chi connectivity index (χ2n) is 8.25. The van der Waals surface area contributed by atoms with E-state index in [-0.39, 0.29) is 33.5 Å². The Morgan fingerprint density at radius 1 is 1.03 bits per heavy atom. The van der Waals surface area contributed by atoms with Crippen LogP contribution in [0.1, 0.15) is 35.2 Å². The number of carbonyl (C=O) groups is 3. The molecule has 0 aliphatic carbocycles. The lowest BCUT2D eigenvalue weighted by Crippen LogP contribution is -2.37. The van der Waals surface area contributed by atoms with Crippen LogP contribution in [0.5, 0.6) is 0 Å². The fraction of sp³-hybridized carbons (Fsp3) is 0.292. The van der Waals surface area contributed by atoms with Crippen molar-refractivity contribution in [2.75, 3.05) is 26.2 Å². The molecule has 2 aromatic rings. The van der Waals surface area contributed by atoms with Gasteiger partial charge in [0, 0.05) is 36.8 Å². The van der Waals surface area contributed by atoms with Crippen LogP contribution in [-0.2, 0) is 14.8 Å². The van der Waals surface area contributed by atoms with Gasteiger partial charge >= 0.3 is 0 Å². The molecule has 1 N–H and O–H groups in total. The molecule has 2 aliphatic heterocycles. The second kappa shape index (κ2) is 11.4. The van der Waals surface area contributed by atoms with Crippen LogP contribution in [0, 0.1) is 0 Å². The molecule has 0 unspecified atom stereocenters. The maximum atomic E-state index is 13.0. The average molecular weight is 569 g/mol. The third-order valence-corrected chi connectivity index (χ3v) is 9.33. The van der Waals surface area contributed by atoms with Gasteiger partial charge in [-0.05, 0) is 66.6 Å². The van der Waals surface area contributed by atoms with Crippen molar-refractivity contribution >= 4 is 68.1 Å². The molecule has 0 radical (unpaired) electrons. The van der Waals surface area contributed by atoms with E-state index in [4.69, 9.17) is 23.2 Å². The van der Waals surface area contributed by atoms with Crippen molar-refractivity contribution in [3.8, 4) is 0 Å². The van der Waals surface area contributed by atoms with Gasteiger partial charge in [0.1, 0.15) is 4.90 Å². The number of piperidine rings is 1. The summed E-state index contributed by atoms with van der Waals surface area (Å²) in [5, 5.41) is 2.81.